The molecule has 0 aromatic heterocycles. The van der Waals surface area contributed by atoms with E-state index in [-0.39, 0.29) is 36.9 Å². The average Bonchev–Trinajstić information content (AvgIpc) is 3.18. The van der Waals surface area contributed by atoms with E-state index in [2.05, 4.69) is 40.2 Å². The molecule has 2 aliphatic rings. The first-order chi connectivity index (χ1) is 16.9. The normalized spacial score (nSPS) is 18.6. The van der Waals surface area contributed by atoms with Gasteiger partial charge in [0, 0.05) is 17.9 Å². The quantitative estimate of drug-likeness (QED) is 0.459. The zero-order valence-corrected chi connectivity index (χ0v) is 19.3. The smallest absolute Gasteiger partial charge is 0.407 e. The lowest BCUT2D eigenvalue weighted by atomic mass is 9.85. The largest absolute Gasteiger partial charge is 0.480 e. The Kier molecular flexibility index (Phi) is 7.64. The number of fused-ring (bicyclic) bond motifs is 3. The van der Waals surface area contributed by atoms with Crippen molar-refractivity contribution >= 4 is 23.9 Å². The number of amides is 3. The number of carbonyl (C=O) groups excluding carboxylic acids is 3. The van der Waals surface area contributed by atoms with Crippen molar-refractivity contribution in [2.24, 2.45) is 5.92 Å². The van der Waals surface area contributed by atoms with E-state index in [1.807, 2.05) is 24.3 Å². The van der Waals surface area contributed by atoms with Crippen molar-refractivity contribution in [1.29, 1.82) is 0 Å². The molecule has 2 aliphatic carbocycles. The van der Waals surface area contributed by atoms with E-state index in [9.17, 15) is 19.2 Å². The third-order valence-corrected chi connectivity index (χ3v) is 6.57. The number of benzene rings is 2. The lowest BCUT2D eigenvalue weighted by Gasteiger charge is -2.28. The monoisotopic (exact) mass is 479 g/mol. The summed E-state index contributed by atoms with van der Waals surface area (Å²) in [5.74, 6) is -2.36. The first kappa shape index (κ1) is 24.3. The molecule has 184 valence electrons. The van der Waals surface area contributed by atoms with E-state index >= 15 is 0 Å². The molecule has 0 aliphatic heterocycles. The Labute approximate surface area is 203 Å². The highest BCUT2D eigenvalue weighted by atomic mass is 16.5. The summed E-state index contributed by atoms with van der Waals surface area (Å²) in [7, 11) is 0. The Bertz CT molecular complexity index is 1070. The molecule has 4 rings (SSSR count). The van der Waals surface area contributed by atoms with Crippen molar-refractivity contribution in [3.63, 3.8) is 0 Å². The lowest BCUT2D eigenvalue weighted by molar-refractivity contribution is -0.137. The van der Waals surface area contributed by atoms with Crippen LogP contribution in [-0.4, -0.2) is 54.7 Å². The van der Waals surface area contributed by atoms with Crippen molar-refractivity contribution in [2.75, 3.05) is 19.7 Å². The summed E-state index contributed by atoms with van der Waals surface area (Å²) in [4.78, 5) is 47.1. The van der Waals surface area contributed by atoms with E-state index in [1.54, 1.807) is 0 Å². The van der Waals surface area contributed by atoms with Crippen LogP contribution >= 0.6 is 0 Å². The molecule has 2 aromatic carbocycles. The van der Waals surface area contributed by atoms with E-state index in [4.69, 9.17) is 9.84 Å². The summed E-state index contributed by atoms with van der Waals surface area (Å²) in [5.41, 5.74) is 4.61. The Morgan fingerprint density at radius 1 is 0.886 bits per heavy atom. The maximum atomic E-state index is 12.6. The minimum atomic E-state index is -1.15. The molecule has 0 saturated heterocycles. The summed E-state index contributed by atoms with van der Waals surface area (Å²) in [6.07, 6.45) is 2.11. The number of carboxylic acids is 1. The summed E-state index contributed by atoms with van der Waals surface area (Å²) in [5, 5.41) is 16.2. The van der Waals surface area contributed by atoms with Crippen molar-refractivity contribution in [3.05, 3.63) is 59.7 Å². The second-order valence-corrected chi connectivity index (χ2v) is 8.92. The van der Waals surface area contributed by atoms with Gasteiger partial charge in [-0.15, -0.1) is 0 Å². The van der Waals surface area contributed by atoms with Crippen LogP contribution in [0.2, 0.25) is 0 Å². The number of carbonyl (C=O) groups is 4. The minimum absolute atomic E-state index is 0.0229. The summed E-state index contributed by atoms with van der Waals surface area (Å²) >= 11 is 0. The highest BCUT2D eigenvalue weighted by Crippen LogP contribution is 2.44. The van der Waals surface area contributed by atoms with Crippen LogP contribution in [-0.2, 0) is 19.1 Å². The molecular formula is C26H29N3O6. The van der Waals surface area contributed by atoms with Gasteiger partial charge in [-0.1, -0.05) is 55.0 Å². The molecule has 0 heterocycles. The second kappa shape index (κ2) is 11.0. The van der Waals surface area contributed by atoms with Crippen molar-refractivity contribution in [2.45, 2.75) is 37.6 Å². The molecule has 9 heteroatoms. The third kappa shape index (κ3) is 5.98. The molecule has 4 N–H and O–H groups in total. The van der Waals surface area contributed by atoms with Gasteiger partial charge >= 0.3 is 12.1 Å². The van der Waals surface area contributed by atoms with Crippen LogP contribution in [0.3, 0.4) is 0 Å². The lowest BCUT2D eigenvalue weighted by Crippen LogP contribution is -2.45. The fourth-order valence-electron chi connectivity index (χ4n) is 4.91. The fraction of sp³-hybridized carbons (Fsp3) is 0.385. The third-order valence-electron chi connectivity index (χ3n) is 6.57. The Hall–Kier alpha value is -3.88. The number of aliphatic carboxylic acids is 1. The molecule has 1 saturated carbocycles. The number of carboxylic acid groups (broad SMARTS) is 1. The standard InChI is InChI=1S/C26H29N3O6/c30-23(27-14-24(31)32)13-28-25(33)16-6-5-7-17(12-16)29-26(34)35-15-22-20-10-3-1-8-18(20)19-9-2-4-11-21(19)22/h1-4,8-11,16-17,22H,5-7,12-15H2,(H,27,30)(H,28,33)(H,29,34)(H,31,32)/t16-,17+/m0/s1. The minimum Gasteiger partial charge on any atom is -0.480 e. The molecular weight excluding hydrogens is 450 g/mol. The average molecular weight is 480 g/mol. The maximum Gasteiger partial charge on any atom is 0.407 e. The maximum absolute atomic E-state index is 12.6. The molecule has 2 aromatic rings. The summed E-state index contributed by atoms with van der Waals surface area (Å²) in [6.45, 7) is -0.556. The topological polar surface area (TPSA) is 134 Å². The Morgan fingerprint density at radius 3 is 2.20 bits per heavy atom. The molecule has 0 spiro atoms. The summed E-state index contributed by atoms with van der Waals surface area (Å²) in [6, 6.07) is 16.1. The number of rotatable bonds is 8. The summed E-state index contributed by atoms with van der Waals surface area (Å²) < 4.78 is 5.61. The Morgan fingerprint density at radius 2 is 1.54 bits per heavy atom. The molecule has 2 atom stereocenters. The highest BCUT2D eigenvalue weighted by Gasteiger charge is 2.31. The highest BCUT2D eigenvalue weighted by molar-refractivity contribution is 5.87. The van der Waals surface area contributed by atoms with Crippen LogP contribution in [0.5, 0.6) is 0 Å². The van der Waals surface area contributed by atoms with Gasteiger partial charge in [-0.3, -0.25) is 14.4 Å². The van der Waals surface area contributed by atoms with Crippen LogP contribution in [0, 0.1) is 5.92 Å². The van der Waals surface area contributed by atoms with Crippen LogP contribution in [0.4, 0.5) is 4.79 Å². The van der Waals surface area contributed by atoms with Gasteiger partial charge < -0.3 is 25.8 Å². The van der Waals surface area contributed by atoms with Gasteiger partial charge in [-0.25, -0.2) is 4.79 Å². The fourth-order valence-corrected chi connectivity index (χ4v) is 4.91. The van der Waals surface area contributed by atoms with Crippen LogP contribution < -0.4 is 16.0 Å². The van der Waals surface area contributed by atoms with E-state index in [0.717, 1.165) is 35.1 Å². The number of hydrogen-bond donors (Lipinski definition) is 4. The number of alkyl carbamates (subject to hydrolysis) is 1. The van der Waals surface area contributed by atoms with Gasteiger partial charge in [0.15, 0.2) is 0 Å². The molecule has 0 bridgehead atoms. The molecule has 3 amide bonds. The molecule has 9 nitrogen and oxygen atoms in total. The first-order valence-corrected chi connectivity index (χ1v) is 11.8. The SMILES string of the molecule is O=C(O)CNC(=O)CNC(=O)[C@H]1CCC[C@@H](NC(=O)OCC2c3ccccc3-c3ccccc32)C1. The zero-order chi connectivity index (χ0) is 24.8. The van der Waals surface area contributed by atoms with Gasteiger partial charge in [0.25, 0.3) is 0 Å². The Balaban J connectivity index is 1.26. The van der Waals surface area contributed by atoms with Gasteiger partial charge in [0.05, 0.1) is 6.54 Å². The van der Waals surface area contributed by atoms with Gasteiger partial charge in [0.1, 0.15) is 13.2 Å². The van der Waals surface area contributed by atoms with Crippen LogP contribution in [0.15, 0.2) is 48.5 Å². The predicted octanol–water partition coefficient (Wildman–Crippen LogP) is 2.40. The van der Waals surface area contributed by atoms with E-state index in [1.165, 1.54) is 0 Å². The van der Waals surface area contributed by atoms with Crippen LogP contribution in [0.25, 0.3) is 11.1 Å². The number of hydrogen-bond acceptors (Lipinski definition) is 5. The molecule has 0 radical (unpaired) electrons. The predicted molar refractivity (Wildman–Crippen MR) is 128 cm³/mol. The van der Waals surface area contributed by atoms with E-state index in [0.29, 0.717) is 12.8 Å². The van der Waals surface area contributed by atoms with Gasteiger partial charge in [-0.05, 0) is 41.5 Å². The van der Waals surface area contributed by atoms with Crippen LogP contribution in [0.1, 0.15) is 42.7 Å². The second-order valence-electron chi connectivity index (χ2n) is 8.92. The molecule has 1 fully saturated rings. The first-order valence-electron chi connectivity index (χ1n) is 11.8. The van der Waals surface area contributed by atoms with Crippen molar-refractivity contribution < 1.29 is 29.0 Å². The zero-order valence-electron chi connectivity index (χ0n) is 19.3. The van der Waals surface area contributed by atoms with Crippen molar-refractivity contribution in [3.8, 4) is 11.1 Å². The number of nitrogens with one attached hydrogen (secondary N) is 3. The van der Waals surface area contributed by atoms with Crippen molar-refractivity contribution in [1.82, 2.24) is 16.0 Å². The molecule has 35 heavy (non-hydrogen) atoms. The van der Waals surface area contributed by atoms with E-state index < -0.39 is 24.5 Å². The number of ether oxygens (including phenoxy) is 1. The van der Waals surface area contributed by atoms with Gasteiger partial charge in [0.2, 0.25) is 11.8 Å². The molecule has 0 unspecified atom stereocenters. The van der Waals surface area contributed by atoms with Gasteiger partial charge in [-0.2, -0.15) is 0 Å².